The van der Waals surface area contributed by atoms with Gasteiger partial charge in [-0.15, -0.1) is 0 Å². The Morgan fingerprint density at radius 3 is 2.07 bits per heavy atom. The molecule has 0 rings (SSSR count). The van der Waals surface area contributed by atoms with Crippen LogP contribution in [0, 0.1) is 0 Å². The molecule has 3 N–H and O–H groups in total. The SMILES string of the molecule is CC(C)(CN)N(CCO)CC(F)(F)F. The van der Waals surface area contributed by atoms with Crippen molar-refractivity contribution in [2.75, 3.05) is 26.2 Å². The molecule has 0 amide bonds. The first kappa shape index (κ1) is 13.7. The molecule has 0 radical (unpaired) electrons. The number of aliphatic hydroxyl groups is 1. The van der Waals surface area contributed by atoms with Crippen molar-refractivity contribution >= 4 is 0 Å². The molecule has 0 unspecified atom stereocenters. The monoisotopic (exact) mass is 214 g/mol. The number of alkyl halides is 3. The Morgan fingerprint density at radius 1 is 1.29 bits per heavy atom. The van der Waals surface area contributed by atoms with Crippen LogP contribution in [-0.2, 0) is 0 Å². The van der Waals surface area contributed by atoms with Crippen LogP contribution < -0.4 is 5.73 Å². The van der Waals surface area contributed by atoms with E-state index in [0.717, 1.165) is 4.90 Å². The first-order valence-electron chi connectivity index (χ1n) is 4.35. The summed E-state index contributed by atoms with van der Waals surface area (Å²) in [6, 6.07) is 0. The summed E-state index contributed by atoms with van der Waals surface area (Å²) in [6.45, 7) is 1.98. The van der Waals surface area contributed by atoms with Gasteiger partial charge in [0, 0.05) is 18.6 Å². The van der Waals surface area contributed by atoms with Crippen molar-refractivity contribution in [2.45, 2.75) is 25.6 Å². The molecule has 3 nitrogen and oxygen atoms in total. The Labute approximate surface area is 81.7 Å². The van der Waals surface area contributed by atoms with E-state index in [1.165, 1.54) is 0 Å². The predicted octanol–water partition coefficient (Wildman–Crippen LogP) is 0.580. The fourth-order valence-electron chi connectivity index (χ4n) is 1.06. The van der Waals surface area contributed by atoms with Gasteiger partial charge >= 0.3 is 6.18 Å². The highest BCUT2D eigenvalue weighted by Gasteiger charge is 2.36. The van der Waals surface area contributed by atoms with Crippen molar-refractivity contribution in [1.82, 2.24) is 4.90 Å². The number of nitrogens with zero attached hydrogens (tertiary/aromatic N) is 1. The molecule has 0 aliphatic carbocycles. The lowest BCUT2D eigenvalue weighted by Gasteiger charge is -2.37. The molecule has 6 heteroatoms. The van der Waals surface area contributed by atoms with E-state index in [1.54, 1.807) is 13.8 Å². The fourth-order valence-corrected chi connectivity index (χ4v) is 1.06. The highest BCUT2D eigenvalue weighted by molar-refractivity contribution is 4.83. The Bertz CT molecular complexity index is 170. The van der Waals surface area contributed by atoms with Gasteiger partial charge in [-0.1, -0.05) is 0 Å². The minimum atomic E-state index is -4.26. The molecule has 0 aliphatic heterocycles. The van der Waals surface area contributed by atoms with E-state index < -0.39 is 18.3 Å². The summed E-state index contributed by atoms with van der Waals surface area (Å²) >= 11 is 0. The van der Waals surface area contributed by atoms with Gasteiger partial charge in [-0.3, -0.25) is 4.90 Å². The minimum Gasteiger partial charge on any atom is -0.395 e. The topological polar surface area (TPSA) is 49.5 Å². The molecule has 0 saturated carbocycles. The average molecular weight is 214 g/mol. The number of aliphatic hydroxyl groups excluding tert-OH is 1. The van der Waals surface area contributed by atoms with Crippen LogP contribution in [0.1, 0.15) is 13.8 Å². The summed E-state index contributed by atoms with van der Waals surface area (Å²) in [5.74, 6) is 0. The third-order valence-electron chi connectivity index (χ3n) is 2.10. The number of hydrogen-bond acceptors (Lipinski definition) is 3. The van der Waals surface area contributed by atoms with Crippen LogP contribution in [-0.4, -0.2) is 48.0 Å². The summed E-state index contributed by atoms with van der Waals surface area (Å²) in [5.41, 5.74) is 4.61. The average Bonchev–Trinajstić information content (AvgIpc) is 2.01. The second-order valence-electron chi connectivity index (χ2n) is 3.78. The van der Waals surface area contributed by atoms with Gasteiger partial charge in [0.1, 0.15) is 0 Å². The molecule has 0 aromatic heterocycles. The van der Waals surface area contributed by atoms with Gasteiger partial charge in [0.25, 0.3) is 0 Å². The Hall–Kier alpha value is -0.330. The first-order valence-corrected chi connectivity index (χ1v) is 4.35. The second kappa shape index (κ2) is 4.95. The van der Waals surface area contributed by atoms with Crippen molar-refractivity contribution in [2.24, 2.45) is 5.73 Å². The molecule has 0 aromatic carbocycles. The Balaban J connectivity index is 4.44. The molecule has 0 spiro atoms. The largest absolute Gasteiger partial charge is 0.401 e. The maximum atomic E-state index is 12.1. The van der Waals surface area contributed by atoms with Crippen molar-refractivity contribution in [3.05, 3.63) is 0 Å². The Kier molecular flexibility index (Phi) is 4.83. The molecular weight excluding hydrogens is 197 g/mol. The van der Waals surface area contributed by atoms with Crippen LogP contribution in [0.15, 0.2) is 0 Å². The number of hydrogen-bond donors (Lipinski definition) is 2. The highest BCUT2D eigenvalue weighted by atomic mass is 19.4. The van der Waals surface area contributed by atoms with Gasteiger partial charge in [0.2, 0.25) is 0 Å². The predicted molar refractivity (Wildman–Crippen MR) is 47.8 cm³/mol. The van der Waals surface area contributed by atoms with Gasteiger partial charge in [-0.25, -0.2) is 0 Å². The van der Waals surface area contributed by atoms with Crippen molar-refractivity contribution in [3.8, 4) is 0 Å². The molecular formula is C8H17F3N2O. The van der Waals surface area contributed by atoms with Gasteiger partial charge in [-0.05, 0) is 13.8 Å². The summed E-state index contributed by atoms with van der Waals surface area (Å²) in [4.78, 5) is 1.13. The summed E-state index contributed by atoms with van der Waals surface area (Å²) in [7, 11) is 0. The van der Waals surface area contributed by atoms with Crippen LogP contribution in [0.5, 0.6) is 0 Å². The van der Waals surface area contributed by atoms with Crippen molar-refractivity contribution in [1.29, 1.82) is 0 Å². The standard InChI is InChI=1S/C8H17F3N2O/c1-7(2,5-12)13(3-4-14)6-8(9,10)11/h14H,3-6,12H2,1-2H3. The second-order valence-corrected chi connectivity index (χ2v) is 3.78. The van der Waals surface area contributed by atoms with Gasteiger partial charge in [0.15, 0.2) is 0 Å². The van der Waals surface area contributed by atoms with E-state index in [-0.39, 0.29) is 19.7 Å². The summed E-state index contributed by atoms with van der Waals surface area (Å²) < 4.78 is 36.4. The zero-order chi connectivity index (χ0) is 11.4. The molecule has 0 saturated heterocycles. The molecule has 0 atom stereocenters. The Morgan fingerprint density at radius 2 is 1.79 bits per heavy atom. The van der Waals surface area contributed by atoms with Gasteiger partial charge < -0.3 is 10.8 Å². The molecule has 0 fully saturated rings. The van der Waals surface area contributed by atoms with Crippen LogP contribution in [0.4, 0.5) is 13.2 Å². The maximum absolute atomic E-state index is 12.1. The van der Waals surface area contributed by atoms with Crippen LogP contribution in [0.25, 0.3) is 0 Å². The number of β-amino-alcohol motifs (C(OH)–C–C–N with tert-alkyl or cyclic N) is 1. The van der Waals surface area contributed by atoms with E-state index in [9.17, 15) is 13.2 Å². The maximum Gasteiger partial charge on any atom is 0.401 e. The number of rotatable bonds is 5. The lowest BCUT2D eigenvalue weighted by molar-refractivity contribution is -0.157. The van der Waals surface area contributed by atoms with E-state index in [1.807, 2.05) is 0 Å². The summed E-state index contributed by atoms with van der Waals surface area (Å²) in [6.07, 6.45) is -4.26. The van der Waals surface area contributed by atoms with Gasteiger partial charge in [-0.2, -0.15) is 13.2 Å². The number of nitrogens with two attached hydrogens (primary N) is 1. The molecule has 0 heterocycles. The van der Waals surface area contributed by atoms with E-state index >= 15 is 0 Å². The number of halogens is 3. The normalized spacial score (nSPS) is 13.7. The van der Waals surface area contributed by atoms with Gasteiger partial charge in [0.05, 0.1) is 13.2 Å². The van der Waals surface area contributed by atoms with Crippen LogP contribution in [0.3, 0.4) is 0 Å². The van der Waals surface area contributed by atoms with E-state index in [4.69, 9.17) is 10.8 Å². The highest BCUT2D eigenvalue weighted by Crippen LogP contribution is 2.21. The molecule has 0 aromatic rings. The molecule has 14 heavy (non-hydrogen) atoms. The molecule has 86 valence electrons. The van der Waals surface area contributed by atoms with E-state index in [2.05, 4.69) is 0 Å². The third kappa shape index (κ3) is 4.78. The zero-order valence-electron chi connectivity index (χ0n) is 8.43. The minimum absolute atomic E-state index is 0.0241. The smallest absolute Gasteiger partial charge is 0.395 e. The first-order chi connectivity index (χ1) is 6.23. The van der Waals surface area contributed by atoms with Crippen LogP contribution in [0.2, 0.25) is 0 Å². The van der Waals surface area contributed by atoms with Crippen molar-refractivity contribution < 1.29 is 18.3 Å². The van der Waals surface area contributed by atoms with Crippen molar-refractivity contribution in [3.63, 3.8) is 0 Å². The lowest BCUT2D eigenvalue weighted by atomic mass is 10.0. The fraction of sp³-hybridized carbons (Fsp3) is 1.00. The summed E-state index contributed by atoms with van der Waals surface area (Å²) in [5, 5.41) is 8.64. The third-order valence-corrected chi connectivity index (χ3v) is 2.10. The quantitative estimate of drug-likeness (QED) is 0.704. The molecule has 0 aliphatic rings. The zero-order valence-corrected chi connectivity index (χ0v) is 8.43. The molecule has 0 bridgehead atoms. The van der Waals surface area contributed by atoms with Crippen LogP contribution >= 0.6 is 0 Å². The lowest BCUT2D eigenvalue weighted by Crippen LogP contribution is -2.53. The van der Waals surface area contributed by atoms with E-state index in [0.29, 0.717) is 0 Å².